The monoisotopic (exact) mass is 337 g/mol. The van der Waals surface area contributed by atoms with Gasteiger partial charge in [0.1, 0.15) is 11.3 Å². The number of benzene rings is 1. The average Bonchev–Trinajstić information content (AvgIpc) is 2.98. The maximum atomic E-state index is 12.7. The summed E-state index contributed by atoms with van der Waals surface area (Å²) in [6, 6.07) is 12.1. The molecule has 2 N–H and O–H groups in total. The third-order valence-corrected chi connectivity index (χ3v) is 3.96. The molecule has 2 aromatic heterocycles. The summed E-state index contributed by atoms with van der Waals surface area (Å²) < 4.78 is 1.80. The zero-order valence-corrected chi connectivity index (χ0v) is 13.9. The summed E-state index contributed by atoms with van der Waals surface area (Å²) in [6.07, 6.45) is 3.47. The van der Waals surface area contributed by atoms with Crippen molar-refractivity contribution in [1.82, 2.24) is 14.7 Å². The van der Waals surface area contributed by atoms with Gasteiger partial charge in [-0.3, -0.25) is 9.20 Å². The lowest BCUT2D eigenvalue weighted by atomic mass is 10.1. The van der Waals surface area contributed by atoms with Crippen molar-refractivity contribution in [2.45, 2.75) is 26.3 Å². The molecule has 3 rings (SSSR count). The number of hydrogen-bond acceptors (Lipinski definition) is 3. The summed E-state index contributed by atoms with van der Waals surface area (Å²) in [5, 5.41) is 11.8. The second kappa shape index (κ2) is 7.17. The Morgan fingerprint density at radius 3 is 2.60 bits per heavy atom. The van der Waals surface area contributed by atoms with Gasteiger partial charge in [-0.05, 0) is 36.2 Å². The molecule has 0 saturated carbocycles. The van der Waals surface area contributed by atoms with Gasteiger partial charge in [0.25, 0.3) is 5.91 Å². The second-order valence-electron chi connectivity index (χ2n) is 5.77. The predicted octanol–water partition coefficient (Wildman–Crippen LogP) is 2.92. The van der Waals surface area contributed by atoms with Gasteiger partial charge in [-0.2, -0.15) is 0 Å². The molecule has 0 atom stereocenters. The molecule has 0 spiro atoms. The fraction of sp³-hybridized carbons (Fsp3) is 0.211. The highest BCUT2D eigenvalue weighted by Gasteiger charge is 2.18. The molecular weight excluding hydrogens is 318 g/mol. The van der Waals surface area contributed by atoms with Crippen molar-refractivity contribution in [3.8, 4) is 0 Å². The number of hydrogen-bond donors (Lipinski definition) is 2. The first kappa shape index (κ1) is 16.7. The molecule has 2 heterocycles. The van der Waals surface area contributed by atoms with E-state index in [2.05, 4.69) is 17.2 Å². The highest BCUT2D eigenvalue weighted by atomic mass is 16.4. The SMILES string of the molecule is CCCc1nc2ccccn2c1C(=O)NCc1ccc(C(=O)O)cc1. The Morgan fingerprint density at radius 2 is 1.92 bits per heavy atom. The number of carbonyl (C=O) groups excluding carboxylic acids is 1. The summed E-state index contributed by atoms with van der Waals surface area (Å²) >= 11 is 0. The molecule has 0 aliphatic heterocycles. The van der Waals surface area contributed by atoms with Crippen LogP contribution in [-0.2, 0) is 13.0 Å². The minimum absolute atomic E-state index is 0.190. The van der Waals surface area contributed by atoms with Crippen LogP contribution in [0.1, 0.15) is 45.4 Å². The summed E-state index contributed by atoms with van der Waals surface area (Å²) in [6.45, 7) is 2.38. The molecule has 128 valence electrons. The molecule has 1 aromatic carbocycles. The van der Waals surface area contributed by atoms with Crippen LogP contribution in [0.4, 0.5) is 0 Å². The van der Waals surface area contributed by atoms with E-state index in [1.807, 2.05) is 24.4 Å². The molecule has 0 unspecified atom stereocenters. The minimum atomic E-state index is -0.967. The van der Waals surface area contributed by atoms with E-state index >= 15 is 0 Å². The third-order valence-electron chi connectivity index (χ3n) is 3.96. The van der Waals surface area contributed by atoms with E-state index in [4.69, 9.17) is 5.11 Å². The van der Waals surface area contributed by atoms with Crippen LogP contribution in [0.25, 0.3) is 5.65 Å². The number of nitrogens with one attached hydrogen (secondary N) is 1. The lowest BCUT2D eigenvalue weighted by Crippen LogP contribution is -2.25. The van der Waals surface area contributed by atoms with E-state index in [0.29, 0.717) is 12.2 Å². The van der Waals surface area contributed by atoms with Crippen molar-refractivity contribution in [2.24, 2.45) is 0 Å². The summed E-state index contributed by atoms with van der Waals surface area (Å²) in [4.78, 5) is 28.1. The van der Waals surface area contributed by atoms with Crippen LogP contribution < -0.4 is 5.32 Å². The third kappa shape index (κ3) is 3.52. The Hall–Kier alpha value is -3.15. The standard InChI is InChI=1S/C19H19N3O3/c1-2-5-15-17(22-11-4-3-6-16(22)21-15)18(23)20-12-13-7-9-14(10-8-13)19(24)25/h3-4,6-11H,2,5,12H2,1H3,(H,20,23)(H,24,25). The van der Waals surface area contributed by atoms with Crippen molar-refractivity contribution < 1.29 is 14.7 Å². The zero-order chi connectivity index (χ0) is 17.8. The average molecular weight is 337 g/mol. The largest absolute Gasteiger partial charge is 0.478 e. The Kier molecular flexibility index (Phi) is 4.79. The van der Waals surface area contributed by atoms with E-state index in [0.717, 1.165) is 29.7 Å². The smallest absolute Gasteiger partial charge is 0.335 e. The minimum Gasteiger partial charge on any atom is -0.478 e. The molecular formula is C19H19N3O3. The summed E-state index contributed by atoms with van der Waals surface area (Å²) in [5.41, 5.74) is 3.15. The Labute approximate surface area is 145 Å². The normalized spacial score (nSPS) is 10.8. The zero-order valence-electron chi connectivity index (χ0n) is 13.9. The summed E-state index contributed by atoms with van der Waals surface area (Å²) in [7, 11) is 0. The number of carbonyl (C=O) groups is 2. The van der Waals surface area contributed by atoms with E-state index in [-0.39, 0.29) is 11.5 Å². The quantitative estimate of drug-likeness (QED) is 0.724. The van der Waals surface area contributed by atoms with Gasteiger partial charge in [0, 0.05) is 12.7 Å². The number of rotatable bonds is 6. The molecule has 6 nitrogen and oxygen atoms in total. The first-order chi connectivity index (χ1) is 12.1. The summed E-state index contributed by atoms with van der Waals surface area (Å²) in [5.74, 6) is -1.16. The van der Waals surface area contributed by atoms with Crippen molar-refractivity contribution >= 4 is 17.5 Å². The molecule has 0 bridgehead atoms. The van der Waals surface area contributed by atoms with Crippen LogP contribution in [0.5, 0.6) is 0 Å². The number of aryl methyl sites for hydroxylation is 1. The van der Waals surface area contributed by atoms with Gasteiger partial charge in [-0.15, -0.1) is 0 Å². The van der Waals surface area contributed by atoms with Crippen molar-refractivity contribution in [3.63, 3.8) is 0 Å². The topological polar surface area (TPSA) is 83.7 Å². The first-order valence-electron chi connectivity index (χ1n) is 8.16. The van der Waals surface area contributed by atoms with Gasteiger partial charge in [-0.1, -0.05) is 31.5 Å². The molecule has 6 heteroatoms. The molecule has 0 radical (unpaired) electrons. The lowest BCUT2D eigenvalue weighted by molar-refractivity contribution is 0.0696. The Morgan fingerprint density at radius 1 is 1.16 bits per heavy atom. The lowest BCUT2D eigenvalue weighted by Gasteiger charge is -2.07. The maximum Gasteiger partial charge on any atom is 0.335 e. The van der Waals surface area contributed by atoms with Gasteiger partial charge in [-0.25, -0.2) is 9.78 Å². The molecule has 0 saturated heterocycles. The van der Waals surface area contributed by atoms with Crippen LogP contribution in [0.2, 0.25) is 0 Å². The number of amides is 1. The second-order valence-corrected chi connectivity index (χ2v) is 5.77. The molecule has 0 fully saturated rings. The van der Waals surface area contributed by atoms with Crippen molar-refractivity contribution in [2.75, 3.05) is 0 Å². The fourth-order valence-corrected chi connectivity index (χ4v) is 2.73. The fourth-order valence-electron chi connectivity index (χ4n) is 2.73. The van der Waals surface area contributed by atoms with Gasteiger partial charge in [0.15, 0.2) is 0 Å². The van der Waals surface area contributed by atoms with Gasteiger partial charge in [0.2, 0.25) is 0 Å². The molecule has 0 aliphatic carbocycles. The molecule has 0 aliphatic rings. The molecule has 1 amide bonds. The van der Waals surface area contributed by atoms with Gasteiger partial charge in [0.05, 0.1) is 11.3 Å². The van der Waals surface area contributed by atoms with Crippen LogP contribution in [-0.4, -0.2) is 26.4 Å². The first-order valence-corrected chi connectivity index (χ1v) is 8.16. The number of fused-ring (bicyclic) bond motifs is 1. The predicted molar refractivity (Wildman–Crippen MR) is 93.8 cm³/mol. The number of aromatic carboxylic acids is 1. The van der Waals surface area contributed by atoms with Crippen molar-refractivity contribution in [1.29, 1.82) is 0 Å². The van der Waals surface area contributed by atoms with Gasteiger partial charge >= 0.3 is 5.97 Å². The number of carboxylic acid groups (broad SMARTS) is 1. The van der Waals surface area contributed by atoms with E-state index in [9.17, 15) is 9.59 Å². The number of imidazole rings is 1. The van der Waals surface area contributed by atoms with Crippen LogP contribution in [0.15, 0.2) is 48.7 Å². The maximum absolute atomic E-state index is 12.7. The highest BCUT2D eigenvalue weighted by Crippen LogP contribution is 2.15. The van der Waals surface area contributed by atoms with Gasteiger partial charge < -0.3 is 10.4 Å². The van der Waals surface area contributed by atoms with E-state index in [1.54, 1.807) is 16.5 Å². The van der Waals surface area contributed by atoms with E-state index < -0.39 is 5.97 Å². The number of aromatic nitrogens is 2. The highest BCUT2D eigenvalue weighted by molar-refractivity contribution is 5.94. The van der Waals surface area contributed by atoms with Crippen LogP contribution >= 0.6 is 0 Å². The van der Waals surface area contributed by atoms with E-state index in [1.165, 1.54) is 12.1 Å². The number of pyridine rings is 1. The van der Waals surface area contributed by atoms with Crippen LogP contribution in [0.3, 0.4) is 0 Å². The molecule has 25 heavy (non-hydrogen) atoms. The van der Waals surface area contributed by atoms with Crippen LogP contribution in [0, 0.1) is 0 Å². The van der Waals surface area contributed by atoms with Crippen molar-refractivity contribution in [3.05, 3.63) is 71.2 Å². The Balaban J connectivity index is 1.80. The molecule has 3 aromatic rings. The number of carboxylic acids is 1. The Bertz CT molecular complexity index is 913. The number of nitrogens with zero attached hydrogens (tertiary/aromatic N) is 2.